The summed E-state index contributed by atoms with van der Waals surface area (Å²) in [5.41, 5.74) is 0.486. The summed E-state index contributed by atoms with van der Waals surface area (Å²) in [4.78, 5) is 2.43. The van der Waals surface area contributed by atoms with E-state index in [1.807, 2.05) is 0 Å². The highest BCUT2D eigenvalue weighted by Crippen LogP contribution is 2.19. The minimum atomic E-state index is -0.350. The number of halogens is 1. The lowest BCUT2D eigenvalue weighted by molar-refractivity contribution is 0.262. The molecule has 0 atom stereocenters. The molecule has 1 aliphatic heterocycles. The van der Waals surface area contributed by atoms with E-state index < -0.39 is 0 Å². The fourth-order valence-electron chi connectivity index (χ4n) is 2.34. The van der Waals surface area contributed by atoms with Crippen LogP contribution in [0.25, 0.3) is 0 Å². The summed E-state index contributed by atoms with van der Waals surface area (Å²) >= 11 is 0. The topological polar surface area (TPSA) is 32.7 Å². The quantitative estimate of drug-likeness (QED) is 0.660. The largest absolute Gasteiger partial charge is 0.492 e. The van der Waals surface area contributed by atoms with Gasteiger partial charge in [-0.25, -0.2) is 4.39 Å². The molecule has 0 aliphatic carbocycles. The van der Waals surface area contributed by atoms with E-state index in [9.17, 15) is 4.39 Å². The van der Waals surface area contributed by atoms with Crippen molar-refractivity contribution in [2.75, 3.05) is 32.8 Å². The number of rotatable bonds is 5. The fourth-order valence-corrected chi connectivity index (χ4v) is 2.34. The van der Waals surface area contributed by atoms with Crippen LogP contribution in [0, 0.1) is 17.7 Å². The van der Waals surface area contributed by atoms with Crippen molar-refractivity contribution in [3.8, 4) is 17.6 Å². The van der Waals surface area contributed by atoms with Crippen LogP contribution >= 0.6 is 0 Å². The van der Waals surface area contributed by atoms with Gasteiger partial charge in [0.1, 0.15) is 18.2 Å². The molecule has 1 heterocycles. The zero-order chi connectivity index (χ0) is 14.2. The molecule has 1 aliphatic rings. The second-order valence-corrected chi connectivity index (χ2v) is 4.85. The molecule has 1 saturated heterocycles. The summed E-state index contributed by atoms with van der Waals surface area (Å²) in [5.74, 6) is 5.46. The number of nitrogens with zero attached hydrogens (tertiary/aromatic N) is 1. The molecule has 108 valence electrons. The van der Waals surface area contributed by atoms with Gasteiger partial charge in [-0.2, -0.15) is 0 Å². The monoisotopic (exact) mass is 277 g/mol. The maximum atomic E-state index is 13.2. The maximum Gasteiger partial charge on any atom is 0.135 e. The van der Waals surface area contributed by atoms with Crippen molar-refractivity contribution in [1.82, 2.24) is 4.90 Å². The van der Waals surface area contributed by atoms with Gasteiger partial charge in [0.05, 0.1) is 12.2 Å². The van der Waals surface area contributed by atoms with Gasteiger partial charge in [-0.3, -0.25) is 0 Å². The van der Waals surface area contributed by atoms with Crippen molar-refractivity contribution >= 4 is 0 Å². The molecule has 1 aromatic carbocycles. The minimum absolute atomic E-state index is 0.245. The third-order valence-corrected chi connectivity index (χ3v) is 3.32. The van der Waals surface area contributed by atoms with Crippen LogP contribution in [0.1, 0.15) is 24.8 Å². The Morgan fingerprint density at radius 2 is 2.10 bits per heavy atom. The van der Waals surface area contributed by atoms with Crippen molar-refractivity contribution in [2.24, 2.45) is 0 Å². The lowest BCUT2D eigenvalue weighted by Gasteiger charge is -2.14. The van der Waals surface area contributed by atoms with Crippen LogP contribution in [-0.4, -0.2) is 42.9 Å². The second-order valence-electron chi connectivity index (χ2n) is 4.85. The highest BCUT2D eigenvalue weighted by molar-refractivity contribution is 5.46. The molecule has 0 radical (unpaired) electrons. The molecule has 0 amide bonds. The molecule has 3 nitrogen and oxygen atoms in total. The molecule has 1 N–H and O–H groups in total. The molecule has 0 saturated carbocycles. The summed E-state index contributed by atoms with van der Waals surface area (Å²) in [6.07, 6.45) is 3.53. The highest BCUT2D eigenvalue weighted by Gasteiger charge is 2.10. The van der Waals surface area contributed by atoms with Crippen LogP contribution < -0.4 is 4.74 Å². The molecule has 0 unspecified atom stereocenters. The summed E-state index contributed by atoms with van der Waals surface area (Å²) in [6.45, 7) is 3.76. The number of ether oxygens (including phenoxy) is 1. The van der Waals surface area contributed by atoms with Gasteiger partial charge in [-0.15, -0.1) is 0 Å². The van der Waals surface area contributed by atoms with Crippen LogP contribution in [0.5, 0.6) is 5.75 Å². The van der Waals surface area contributed by atoms with E-state index in [0.29, 0.717) is 17.9 Å². The number of hydrogen-bond donors (Lipinski definition) is 1. The van der Waals surface area contributed by atoms with Crippen molar-refractivity contribution in [1.29, 1.82) is 0 Å². The number of likely N-dealkylation sites (tertiary alicyclic amines) is 1. The number of aliphatic hydroxyl groups is 1. The molecule has 2 rings (SSSR count). The van der Waals surface area contributed by atoms with E-state index in [2.05, 4.69) is 16.7 Å². The van der Waals surface area contributed by atoms with Crippen molar-refractivity contribution in [3.63, 3.8) is 0 Å². The third kappa shape index (κ3) is 4.52. The van der Waals surface area contributed by atoms with Gasteiger partial charge in [0.25, 0.3) is 0 Å². The van der Waals surface area contributed by atoms with E-state index in [1.165, 1.54) is 38.1 Å². The Morgan fingerprint density at radius 1 is 1.30 bits per heavy atom. The second kappa shape index (κ2) is 7.88. The van der Waals surface area contributed by atoms with Crippen LogP contribution in [0.3, 0.4) is 0 Å². The molecular weight excluding hydrogens is 257 g/mol. The molecule has 1 aromatic rings. The van der Waals surface area contributed by atoms with Crippen molar-refractivity contribution in [2.45, 2.75) is 19.3 Å². The van der Waals surface area contributed by atoms with Crippen molar-refractivity contribution < 1.29 is 14.2 Å². The van der Waals surface area contributed by atoms with E-state index in [4.69, 9.17) is 9.84 Å². The molecule has 0 aromatic heterocycles. The summed E-state index contributed by atoms with van der Waals surface area (Å²) < 4.78 is 18.8. The third-order valence-electron chi connectivity index (χ3n) is 3.32. The molecule has 20 heavy (non-hydrogen) atoms. The first-order valence-corrected chi connectivity index (χ1v) is 7.04. The number of hydrogen-bond acceptors (Lipinski definition) is 3. The smallest absolute Gasteiger partial charge is 0.135 e. The first-order chi connectivity index (χ1) is 9.79. The molecule has 4 heteroatoms. The molecule has 0 spiro atoms. The SMILES string of the molecule is OCC#Cc1cc(F)ccc1OCCCN1CCCC1. The summed E-state index contributed by atoms with van der Waals surface area (Å²) in [5, 5.41) is 8.71. The Morgan fingerprint density at radius 3 is 2.85 bits per heavy atom. The Bertz CT molecular complexity index is 487. The first kappa shape index (κ1) is 14.8. The van der Waals surface area contributed by atoms with Gasteiger partial charge in [0, 0.05) is 6.54 Å². The average molecular weight is 277 g/mol. The Labute approximate surface area is 119 Å². The molecular formula is C16H20FNO2. The first-order valence-electron chi connectivity index (χ1n) is 7.04. The van der Waals surface area contributed by atoms with Gasteiger partial charge < -0.3 is 14.7 Å². The minimum Gasteiger partial charge on any atom is -0.492 e. The Balaban J connectivity index is 1.84. The summed E-state index contributed by atoms with van der Waals surface area (Å²) in [6, 6.07) is 4.28. The van der Waals surface area contributed by atoms with Crippen LogP contribution in [0.15, 0.2) is 18.2 Å². The van der Waals surface area contributed by atoms with Gasteiger partial charge in [-0.05, 0) is 50.6 Å². The lowest BCUT2D eigenvalue weighted by atomic mass is 10.2. The predicted octanol–water partition coefficient (Wildman–Crippen LogP) is 2.03. The van der Waals surface area contributed by atoms with Crippen LogP contribution in [0.2, 0.25) is 0 Å². The lowest BCUT2D eigenvalue weighted by Crippen LogP contribution is -2.22. The standard InChI is InChI=1S/C16H20FNO2/c17-15-6-7-16(14(13-15)5-3-11-19)20-12-4-10-18-8-1-2-9-18/h6-7,13,19H,1-2,4,8-12H2. The highest BCUT2D eigenvalue weighted by atomic mass is 19.1. The van der Waals surface area contributed by atoms with Gasteiger partial charge in [0.15, 0.2) is 0 Å². The van der Waals surface area contributed by atoms with Crippen LogP contribution in [-0.2, 0) is 0 Å². The maximum absolute atomic E-state index is 13.2. The Hall–Kier alpha value is -1.57. The molecule has 1 fully saturated rings. The van der Waals surface area contributed by atoms with E-state index in [1.54, 1.807) is 6.07 Å². The zero-order valence-electron chi connectivity index (χ0n) is 11.6. The average Bonchev–Trinajstić information content (AvgIpc) is 2.96. The zero-order valence-corrected chi connectivity index (χ0v) is 11.6. The van der Waals surface area contributed by atoms with Gasteiger partial charge in [-0.1, -0.05) is 11.8 Å². The van der Waals surface area contributed by atoms with Gasteiger partial charge >= 0.3 is 0 Å². The van der Waals surface area contributed by atoms with Gasteiger partial charge in [0.2, 0.25) is 0 Å². The number of benzene rings is 1. The van der Waals surface area contributed by atoms with E-state index >= 15 is 0 Å². The fraction of sp³-hybridized carbons (Fsp3) is 0.500. The normalized spacial score (nSPS) is 14.9. The Kier molecular flexibility index (Phi) is 5.85. The predicted molar refractivity (Wildman–Crippen MR) is 76.1 cm³/mol. The van der Waals surface area contributed by atoms with Crippen LogP contribution in [0.4, 0.5) is 4.39 Å². The summed E-state index contributed by atoms with van der Waals surface area (Å²) in [7, 11) is 0. The molecule has 0 bridgehead atoms. The van der Waals surface area contributed by atoms with Crippen molar-refractivity contribution in [3.05, 3.63) is 29.6 Å². The van der Waals surface area contributed by atoms with E-state index in [0.717, 1.165) is 13.0 Å². The van der Waals surface area contributed by atoms with E-state index in [-0.39, 0.29) is 12.4 Å². The number of aliphatic hydroxyl groups excluding tert-OH is 1.